The Balaban J connectivity index is 1.67. The molecule has 0 amide bonds. The largest absolute Gasteiger partial charge is 0.338 e. The van der Waals surface area contributed by atoms with E-state index >= 15 is 0 Å². The molecule has 164 valence electrons. The number of fused-ring (bicyclic) bond motifs is 1. The van der Waals surface area contributed by atoms with Gasteiger partial charge in [-0.1, -0.05) is 11.6 Å². The minimum absolute atomic E-state index is 0.0155. The molecule has 1 fully saturated rings. The third kappa shape index (κ3) is 4.53. The third-order valence-corrected chi connectivity index (χ3v) is 7.28. The number of rotatable bonds is 5. The zero-order chi connectivity index (χ0) is 22.2. The zero-order valence-corrected chi connectivity index (χ0v) is 18.2. The second-order valence-electron chi connectivity index (χ2n) is 7.44. The summed E-state index contributed by atoms with van der Waals surface area (Å²) in [5, 5.41) is 2.64. The van der Waals surface area contributed by atoms with E-state index in [1.165, 1.54) is 30.8 Å². The van der Waals surface area contributed by atoms with Gasteiger partial charge in [0, 0.05) is 31.1 Å². The quantitative estimate of drug-likeness (QED) is 0.583. The number of piperidine rings is 1. The Hall–Kier alpha value is -2.63. The number of nitrogens with zero attached hydrogens (tertiary/aromatic N) is 5. The second-order valence-corrected chi connectivity index (χ2v) is 10.2. The maximum Gasteiger partial charge on any atom is 0.226 e. The van der Waals surface area contributed by atoms with Gasteiger partial charge in [-0.15, -0.1) is 0 Å². The maximum absolute atomic E-state index is 13.5. The van der Waals surface area contributed by atoms with Crippen molar-refractivity contribution in [3.05, 3.63) is 41.6 Å². The number of nitrogens with two attached hydrogens (primary N) is 1. The van der Waals surface area contributed by atoms with E-state index < -0.39 is 20.9 Å². The van der Waals surface area contributed by atoms with Crippen molar-refractivity contribution < 1.29 is 12.8 Å². The topological polar surface area (TPSA) is 127 Å². The molecule has 2 unspecified atom stereocenters. The molecule has 0 aliphatic carbocycles. The Morgan fingerprint density at radius 3 is 2.84 bits per heavy atom. The maximum atomic E-state index is 13.5. The zero-order valence-electron chi connectivity index (χ0n) is 16.7. The van der Waals surface area contributed by atoms with Crippen LogP contribution in [0.1, 0.15) is 12.8 Å². The summed E-state index contributed by atoms with van der Waals surface area (Å²) in [4.78, 5) is 19.4. The van der Waals surface area contributed by atoms with Crippen LogP contribution in [-0.4, -0.2) is 59.0 Å². The summed E-state index contributed by atoms with van der Waals surface area (Å²) in [7, 11) is -3.15. The lowest BCUT2D eigenvalue weighted by Gasteiger charge is -2.38. The molecule has 3 aromatic rings. The predicted octanol–water partition coefficient (Wildman–Crippen LogP) is 2.30. The molecule has 1 aromatic carbocycles. The molecule has 2 aromatic heterocycles. The fraction of sp³-hybridized carbons (Fsp3) is 0.368. The van der Waals surface area contributed by atoms with E-state index in [1.54, 1.807) is 6.20 Å². The fourth-order valence-electron chi connectivity index (χ4n) is 3.68. The van der Waals surface area contributed by atoms with Gasteiger partial charge in [-0.25, -0.2) is 32.7 Å². The molecule has 0 spiro atoms. The van der Waals surface area contributed by atoms with E-state index in [4.69, 9.17) is 17.3 Å². The predicted molar refractivity (Wildman–Crippen MR) is 118 cm³/mol. The van der Waals surface area contributed by atoms with Crippen LogP contribution in [0.4, 0.5) is 21.8 Å². The Morgan fingerprint density at radius 1 is 1.32 bits per heavy atom. The average molecular weight is 466 g/mol. The molecule has 9 nitrogen and oxygen atoms in total. The van der Waals surface area contributed by atoms with Crippen molar-refractivity contribution in [2.24, 2.45) is 5.73 Å². The lowest BCUT2D eigenvalue weighted by Crippen LogP contribution is -2.50. The third-order valence-electron chi connectivity index (χ3n) is 5.35. The number of sulfone groups is 1. The van der Waals surface area contributed by atoms with E-state index in [1.807, 2.05) is 4.90 Å². The van der Waals surface area contributed by atoms with Gasteiger partial charge in [-0.05, 0) is 31.0 Å². The van der Waals surface area contributed by atoms with Crippen LogP contribution in [0.15, 0.2) is 30.7 Å². The van der Waals surface area contributed by atoms with Gasteiger partial charge in [0.15, 0.2) is 5.82 Å². The van der Waals surface area contributed by atoms with Crippen molar-refractivity contribution in [1.82, 2.24) is 19.9 Å². The highest BCUT2D eigenvalue weighted by Gasteiger charge is 2.34. The molecule has 2 atom stereocenters. The molecule has 3 N–H and O–H groups in total. The van der Waals surface area contributed by atoms with Crippen LogP contribution in [0, 0.1) is 5.82 Å². The number of nitrogens with one attached hydrogen (secondary N) is 1. The molecule has 12 heteroatoms. The summed E-state index contributed by atoms with van der Waals surface area (Å²) in [6.45, 7) is 0.743. The highest BCUT2D eigenvalue weighted by molar-refractivity contribution is 7.91. The van der Waals surface area contributed by atoms with Crippen LogP contribution < -0.4 is 16.0 Å². The van der Waals surface area contributed by atoms with Crippen molar-refractivity contribution in [2.45, 2.75) is 24.1 Å². The van der Waals surface area contributed by atoms with E-state index in [-0.39, 0.29) is 17.6 Å². The highest BCUT2D eigenvalue weighted by atomic mass is 35.5. The number of benzene rings is 1. The van der Waals surface area contributed by atoms with Gasteiger partial charge in [-0.3, -0.25) is 0 Å². The average Bonchev–Trinajstić information content (AvgIpc) is 2.75. The molecule has 0 bridgehead atoms. The van der Waals surface area contributed by atoms with E-state index in [9.17, 15) is 12.8 Å². The van der Waals surface area contributed by atoms with Gasteiger partial charge in [0.25, 0.3) is 0 Å². The second kappa shape index (κ2) is 8.48. The van der Waals surface area contributed by atoms with Crippen LogP contribution in [-0.2, 0) is 9.84 Å². The summed E-state index contributed by atoms with van der Waals surface area (Å²) in [6, 6.07) is 4.04. The number of hydrogen-bond donors (Lipinski definition) is 2. The summed E-state index contributed by atoms with van der Waals surface area (Å²) < 4.78 is 37.4. The van der Waals surface area contributed by atoms with Crippen LogP contribution >= 0.6 is 11.6 Å². The molecule has 1 aliphatic heterocycles. The molecule has 1 aliphatic rings. The molecule has 3 heterocycles. The Labute approximate surface area is 183 Å². The van der Waals surface area contributed by atoms with Crippen LogP contribution in [0.25, 0.3) is 11.0 Å². The molecule has 4 rings (SSSR count). The van der Waals surface area contributed by atoms with Crippen LogP contribution in [0.3, 0.4) is 0 Å². The lowest BCUT2D eigenvalue weighted by molar-refractivity contribution is 0.450. The van der Waals surface area contributed by atoms with Crippen LogP contribution in [0.2, 0.25) is 5.02 Å². The van der Waals surface area contributed by atoms with Gasteiger partial charge in [0.2, 0.25) is 5.95 Å². The smallest absolute Gasteiger partial charge is 0.226 e. The van der Waals surface area contributed by atoms with Crippen LogP contribution in [0.5, 0.6) is 0 Å². The van der Waals surface area contributed by atoms with E-state index in [0.717, 1.165) is 0 Å². The van der Waals surface area contributed by atoms with Gasteiger partial charge < -0.3 is 16.0 Å². The molecule has 31 heavy (non-hydrogen) atoms. The van der Waals surface area contributed by atoms with Crippen molar-refractivity contribution in [3.63, 3.8) is 0 Å². The summed E-state index contributed by atoms with van der Waals surface area (Å²) in [5.41, 5.74) is 7.46. The number of halogens is 2. The highest BCUT2D eigenvalue weighted by Crippen LogP contribution is 2.29. The summed E-state index contributed by atoms with van der Waals surface area (Å²) in [6.07, 6.45) is 5.10. The van der Waals surface area contributed by atoms with Gasteiger partial charge >= 0.3 is 0 Å². The SMILES string of the molecule is CS(=O)(=O)C1CCN(c2ncc3ncnc(Nc4ccc(F)c(Cl)c4)c3n2)C(CN)C1. The first-order valence-corrected chi connectivity index (χ1v) is 11.9. The Kier molecular flexibility index (Phi) is 5.91. The van der Waals surface area contributed by atoms with Crippen molar-refractivity contribution in [3.8, 4) is 0 Å². The minimum Gasteiger partial charge on any atom is -0.338 e. The first-order valence-electron chi connectivity index (χ1n) is 9.61. The Bertz CT molecular complexity index is 1230. The molecular formula is C19H21ClFN7O2S. The lowest BCUT2D eigenvalue weighted by atomic mass is 10.0. The molecule has 0 radical (unpaired) electrons. The van der Waals surface area contributed by atoms with E-state index in [0.29, 0.717) is 47.9 Å². The normalized spacial score (nSPS) is 19.5. The summed E-state index contributed by atoms with van der Waals surface area (Å²) in [5.74, 6) is 0.311. The number of hydrogen-bond acceptors (Lipinski definition) is 9. The van der Waals surface area contributed by atoms with Crippen molar-refractivity contribution >= 4 is 49.9 Å². The number of anilines is 3. The minimum atomic E-state index is -3.15. The fourth-order valence-corrected chi connectivity index (χ4v) is 4.96. The first kappa shape index (κ1) is 21.6. The molecular weight excluding hydrogens is 445 g/mol. The van der Waals surface area contributed by atoms with Gasteiger partial charge in [-0.2, -0.15) is 0 Å². The van der Waals surface area contributed by atoms with Gasteiger partial charge in [0.1, 0.15) is 33.0 Å². The standard InChI is InChI=1S/C19H21ClFN7O2S/c1-31(29,30)13-4-5-28(12(7-13)8-22)19-23-9-16-17(27-19)18(25-10-24-16)26-11-2-3-15(21)14(20)6-11/h2-3,6,9-10,12-13H,4-5,7-8,22H2,1H3,(H,24,25,26). The van der Waals surface area contributed by atoms with Crippen molar-refractivity contribution in [1.29, 1.82) is 0 Å². The molecule has 0 saturated carbocycles. The Morgan fingerprint density at radius 2 is 2.13 bits per heavy atom. The molecule has 1 saturated heterocycles. The monoisotopic (exact) mass is 465 g/mol. The van der Waals surface area contributed by atoms with Crippen molar-refractivity contribution in [2.75, 3.05) is 29.6 Å². The summed E-state index contributed by atoms with van der Waals surface area (Å²) >= 11 is 5.87. The number of aromatic nitrogens is 4. The first-order chi connectivity index (χ1) is 14.8. The van der Waals surface area contributed by atoms with E-state index in [2.05, 4.69) is 25.3 Å². The van der Waals surface area contributed by atoms with Gasteiger partial charge in [0.05, 0.1) is 16.5 Å².